The number of nitrogens with zero attached hydrogens (tertiary/aromatic N) is 2. The molecular formula is C16H19N3O. The lowest BCUT2D eigenvalue weighted by Crippen LogP contribution is -2.58. The molecule has 0 bridgehead atoms. The molecule has 1 N–H and O–H groups in total. The van der Waals surface area contributed by atoms with E-state index in [1.165, 1.54) is 0 Å². The van der Waals surface area contributed by atoms with E-state index in [0.29, 0.717) is 0 Å². The van der Waals surface area contributed by atoms with Crippen molar-refractivity contribution in [2.75, 3.05) is 19.6 Å². The molecule has 2 heterocycles. The SMILES string of the molecule is CC1(C)CN(C(=O)c2cccc3ncccc23)CCN1. The third-order valence-electron chi connectivity index (χ3n) is 3.73. The fraction of sp³-hybridized carbons (Fsp3) is 0.375. The lowest BCUT2D eigenvalue weighted by Gasteiger charge is -2.39. The Labute approximate surface area is 118 Å². The summed E-state index contributed by atoms with van der Waals surface area (Å²) in [6.45, 7) is 6.55. The van der Waals surface area contributed by atoms with Crippen LogP contribution >= 0.6 is 0 Å². The highest BCUT2D eigenvalue weighted by Gasteiger charge is 2.29. The number of benzene rings is 1. The van der Waals surface area contributed by atoms with Crippen LogP contribution in [0.2, 0.25) is 0 Å². The molecule has 1 aliphatic heterocycles. The minimum Gasteiger partial charge on any atom is -0.336 e. The normalized spacial score (nSPS) is 18.2. The number of hydrogen-bond donors (Lipinski definition) is 1. The molecule has 2 aromatic rings. The Kier molecular flexibility index (Phi) is 3.18. The van der Waals surface area contributed by atoms with Crippen molar-refractivity contribution in [3.8, 4) is 0 Å². The first-order valence-corrected chi connectivity index (χ1v) is 6.95. The summed E-state index contributed by atoms with van der Waals surface area (Å²) in [5, 5.41) is 4.35. The second-order valence-corrected chi connectivity index (χ2v) is 5.91. The maximum atomic E-state index is 12.8. The maximum Gasteiger partial charge on any atom is 0.254 e. The number of hydrogen-bond acceptors (Lipinski definition) is 3. The Bertz CT molecular complexity index is 646. The van der Waals surface area contributed by atoms with E-state index in [1.807, 2.05) is 35.2 Å². The van der Waals surface area contributed by atoms with E-state index in [-0.39, 0.29) is 11.4 Å². The number of fused-ring (bicyclic) bond motifs is 1. The Balaban J connectivity index is 1.97. The van der Waals surface area contributed by atoms with Gasteiger partial charge in [0.15, 0.2) is 0 Å². The third-order valence-corrected chi connectivity index (χ3v) is 3.73. The predicted molar refractivity (Wildman–Crippen MR) is 79.7 cm³/mol. The fourth-order valence-electron chi connectivity index (χ4n) is 2.77. The van der Waals surface area contributed by atoms with Crippen molar-refractivity contribution in [2.24, 2.45) is 0 Å². The van der Waals surface area contributed by atoms with Gasteiger partial charge in [-0.05, 0) is 32.0 Å². The van der Waals surface area contributed by atoms with Gasteiger partial charge >= 0.3 is 0 Å². The molecule has 104 valence electrons. The molecule has 4 heteroatoms. The molecule has 0 spiro atoms. The van der Waals surface area contributed by atoms with Gasteiger partial charge in [0.25, 0.3) is 5.91 Å². The molecule has 1 aromatic carbocycles. The summed E-state index contributed by atoms with van der Waals surface area (Å²) < 4.78 is 0. The van der Waals surface area contributed by atoms with Crippen molar-refractivity contribution in [2.45, 2.75) is 19.4 Å². The van der Waals surface area contributed by atoms with Crippen molar-refractivity contribution in [1.82, 2.24) is 15.2 Å². The molecule has 0 radical (unpaired) electrons. The third kappa shape index (κ3) is 2.39. The summed E-state index contributed by atoms with van der Waals surface area (Å²) in [5.74, 6) is 0.0955. The standard InChI is InChI=1S/C16H19N3O/c1-16(2)11-19(10-9-18-16)15(20)13-5-3-7-14-12(13)6-4-8-17-14/h3-8,18H,9-11H2,1-2H3. The van der Waals surface area contributed by atoms with E-state index in [0.717, 1.165) is 36.1 Å². The van der Waals surface area contributed by atoms with Crippen LogP contribution < -0.4 is 5.32 Å². The molecule has 1 aromatic heterocycles. The molecule has 1 fully saturated rings. The molecule has 1 saturated heterocycles. The van der Waals surface area contributed by atoms with E-state index in [2.05, 4.69) is 24.1 Å². The van der Waals surface area contributed by atoms with Crippen LogP contribution in [0.15, 0.2) is 36.5 Å². The van der Waals surface area contributed by atoms with Gasteiger partial charge in [-0.25, -0.2) is 0 Å². The number of carbonyl (C=O) groups excluding carboxylic acids is 1. The molecule has 0 unspecified atom stereocenters. The van der Waals surface area contributed by atoms with Gasteiger partial charge in [0.05, 0.1) is 5.52 Å². The van der Waals surface area contributed by atoms with Gasteiger partial charge in [-0.15, -0.1) is 0 Å². The molecule has 0 atom stereocenters. The summed E-state index contributed by atoms with van der Waals surface area (Å²) >= 11 is 0. The first kappa shape index (κ1) is 13.1. The van der Waals surface area contributed by atoms with Crippen LogP contribution in [0.4, 0.5) is 0 Å². The van der Waals surface area contributed by atoms with E-state index in [4.69, 9.17) is 0 Å². The highest BCUT2D eigenvalue weighted by molar-refractivity contribution is 6.06. The van der Waals surface area contributed by atoms with Crippen molar-refractivity contribution in [3.05, 3.63) is 42.1 Å². The zero-order valence-corrected chi connectivity index (χ0v) is 11.9. The monoisotopic (exact) mass is 269 g/mol. The van der Waals surface area contributed by atoms with Gasteiger partial charge in [0.1, 0.15) is 0 Å². The summed E-state index contributed by atoms with van der Waals surface area (Å²) in [4.78, 5) is 19.0. The van der Waals surface area contributed by atoms with Gasteiger partial charge in [-0.3, -0.25) is 9.78 Å². The highest BCUT2D eigenvalue weighted by atomic mass is 16.2. The summed E-state index contributed by atoms with van der Waals surface area (Å²) in [6.07, 6.45) is 1.75. The van der Waals surface area contributed by atoms with Crippen LogP contribution in [0.5, 0.6) is 0 Å². The molecule has 0 aliphatic carbocycles. The molecule has 1 aliphatic rings. The second-order valence-electron chi connectivity index (χ2n) is 5.91. The van der Waals surface area contributed by atoms with E-state index >= 15 is 0 Å². The molecule has 3 rings (SSSR count). The molecule has 1 amide bonds. The minimum absolute atomic E-state index is 0.0310. The maximum absolute atomic E-state index is 12.8. The van der Waals surface area contributed by atoms with Gasteiger partial charge in [0.2, 0.25) is 0 Å². The molecule has 4 nitrogen and oxygen atoms in total. The first-order chi connectivity index (χ1) is 9.57. The zero-order chi connectivity index (χ0) is 14.2. The molecule has 20 heavy (non-hydrogen) atoms. The number of aromatic nitrogens is 1. The predicted octanol–water partition coefficient (Wildman–Crippen LogP) is 2.06. The number of nitrogens with one attached hydrogen (secondary N) is 1. The lowest BCUT2D eigenvalue weighted by atomic mass is 10.0. The van der Waals surface area contributed by atoms with E-state index < -0.39 is 0 Å². The number of amides is 1. The Morgan fingerprint density at radius 3 is 2.95 bits per heavy atom. The summed E-state index contributed by atoms with van der Waals surface area (Å²) in [7, 11) is 0. The first-order valence-electron chi connectivity index (χ1n) is 6.95. The number of carbonyl (C=O) groups is 1. The average molecular weight is 269 g/mol. The number of rotatable bonds is 1. The quantitative estimate of drug-likeness (QED) is 0.862. The van der Waals surface area contributed by atoms with Crippen LogP contribution in [-0.2, 0) is 0 Å². The van der Waals surface area contributed by atoms with E-state index in [9.17, 15) is 4.79 Å². The summed E-state index contributed by atoms with van der Waals surface area (Å²) in [6, 6.07) is 9.56. The fourth-order valence-corrected chi connectivity index (χ4v) is 2.77. The molecule has 0 saturated carbocycles. The van der Waals surface area contributed by atoms with Crippen molar-refractivity contribution in [1.29, 1.82) is 0 Å². The average Bonchev–Trinajstić information content (AvgIpc) is 2.45. The van der Waals surface area contributed by atoms with Gasteiger partial charge in [-0.2, -0.15) is 0 Å². The van der Waals surface area contributed by atoms with Crippen molar-refractivity contribution < 1.29 is 4.79 Å². The van der Waals surface area contributed by atoms with Gasteiger partial charge < -0.3 is 10.2 Å². The van der Waals surface area contributed by atoms with Crippen LogP contribution in [0.1, 0.15) is 24.2 Å². The highest BCUT2D eigenvalue weighted by Crippen LogP contribution is 2.20. The smallest absolute Gasteiger partial charge is 0.254 e. The Morgan fingerprint density at radius 2 is 2.15 bits per heavy atom. The van der Waals surface area contributed by atoms with Crippen molar-refractivity contribution in [3.63, 3.8) is 0 Å². The van der Waals surface area contributed by atoms with Crippen molar-refractivity contribution >= 4 is 16.8 Å². The Morgan fingerprint density at radius 1 is 1.30 bits per heavy atom. The van der Waals surface area contributed by atoms with Crippen LogP contribution in [0, 0.1) is 0 Å². The second kappa shape index (κ2) is 4.87. The van der Waals surface area contributed by atoms with Crippen LogP contribution in [0.3, 0.4) is 0 Å². The largest absolute Gasteiger partial charge is 0.336 e. The number of piperazine rings is 1. The topological polar surface area (TPSA) is 45.2 Å². The summed E-state index contributed by atoms with van der Waals surface area (Å²) in [5.41, 5.74) is 1.58. The molecular weight excluding hydrogens is 250 g/mol. The van der Waals surface area contributed by atoms with Gasteiger partial charge in [0, 0.05) is 42.3 Å². The van der Waals surface area contributed by atoms with Crippen LogP contribution in [-0.4, -0.2) is 41.0 Å². The van der Waals surface area contributed by atoms with Gasteiger partial charge in [-0.1, -0.05) is 12.1 Å². The lowest BCUT2D eigenvalue weighted by molar-refractivity contribution is 0.0654. The Hall–Kier alpha value is -1.94. The van der Waals surface area contributed by atoms with E-state index in [1.54, 1.807) is 6.20 Å². The van der Waals surface area contributed by atoms with Crippen LogP contribution in [0.25, 0.3) is 10.9 Å². The number of pyridine rings is 1. The zero-order valence-electron chi connectivity index (χ0n) is 11.9. The minimum atomic E-state index is -0.0310.